The first kappa shape index (κ1) is 15.8. The van der Waals surface area contributed by atoms with Gasteiger partial charge >= 0.3 is 0 Å². The number of aryl methyl sites for hydroxylation is 1. The largest absolute Gasteiger partial charge is 0.493 e. The molecule has 2 atom stereocenters. The summed E-state index contributed by atoms with van der Waals surface area (Å²) in [6.07, 6.45) is 0.713. The predicted molar refractivity (Wildman–Crippen MR) is 82.3 cm³/mol. The molecule has 4 heteroatoms. The summed E-state index contributed by atoms with van der Waals surface area (Å²) in [6.45, 7) is 8.36. The van der Waals surface area contributed by atoms with Crippen LogP contribution < -0.4 is 10.1 Å². The summed E-state index contributed by atoms with van der Waals surface area (Å²) in [4.78, 5) is 12.0. The Morgan fingerprint density at radius 3 is 2.76 bits per heavy atom. The third-order valence-electron chi connectivity index (χ3n) is 3.70. The average Bonchev–Trinajstić information content (AvgIpc) is 2.37. The molecule has 2 rings (SSSR count). The molecule has 1 heterocycles. The summed E-state index contributed by atoms with van der Waals surface area (Å²) in [5.74, 6) is 1.15. The number of aliphatic hydroxyl groups is 1. The van der Waals surface area contributed by atoms with Crippen LogP contribution in [-0.2, 0) is 4.79 Å². The molecule has 1 amide bonds. The molecule has 2 N–H and O–H groups in total. The first-order chi connectivity index (χ1) is 9.88. The van der Waals surface area contributed by atoms with Gasteiger partial charge < -0.3 is 15.2 Å². The summed E-state index contributed by atoms with van der Waals surface area (Å²) in [5.41, 5.74) is 2.85. The third kappa shape index (κ3) is 3.76. The Bertz CT molecular complexity index is 523. The van der Waals surface area contributed by atoms with Crippen LogP contribution in [-0.4, -0.2) is 17.6 Å². The molecule has 0 fully saturated rings. The Kier molecular flexibility index (Phi) is 4.88. The molecular weight excluding hydrogens is 266 g/mol. The van der Waals surface area contributed by atoms with Crippen LogP contribution >= 0.6 is 0 Å². The van der Waals surface area contributed by atoms with Crippen molar-refractivity contribution in [3.05, 3.63) is 28.8 Å². The van der Waals surface area contributed by atoms with E-state index in [1.165, 1.54) is 0 Å². The van der Waals surface area contributed by atoms with Crippen LogP contribution in [0.25, 0.3) is 0 Å². The van der Waals surface area contributed by atoms with Gasteiger partial charge in [0.05, 0.1) is 18.8 Å². The van der Waals surface area contributed by atoms with E-state index in [0.717, 1.165) is 28.9 Å². The number of nitrogens with one attached hydrogen (secondary N) is 1. The van der Waals surface area contributed by atoms with Crippen molar-refractivity contribution in [1.29, 1.82) is 0 Å². The van der Waals surface area contributed by atoms with E-state index in [9.17, 15) is 9.90 Å². The van der Waals surface area contributed by atoms with Crippen LogP contribution in [0.5, 0.6) is 5.75 Å². The van der Waals surface area contributed by atoms with Gasteiger partial charge in [-0.15, -0.1) is 0 Å². The topological polar surface area (TPSA) is 58.6 Å². The summed E-state index contributed by atoms with van der Waals surface area (Å²) in [5, 5.41) is 13.0. The second-order valence-electron chi connectivity index (χ2n) is 6.30. The van der Waals surface area contributed by atoms with E-state index in [4.69, 9.17) is 4.74 Å². The van der Waals surface area contributed by atoms with E-state index in [1.807, 2.05) is 32.9 Å². The molecule has 0 spiro atoms. The standard InChI is InChI=1S/C17H25NO3/c1-10(2)7-16(20)18-15-5-6-21-17-13(12(4)19)8-11(3)9-14(15)17/h8-10,12,15,19H,5-7H2,1-4H3,(H,18,20). The molecule has 21 heavy (non-hydrogen) atoms. The van der Waals surface area contributed by atoms with Gasteiger partial charge in [0.15, 0.2) is 0 Å². The van der Waals surface area contributed by atoms with Gasteiger partial charge in [0.1, 0.15) is 5.75 Å². The maximum Gasteiger partial charge on any atom is 0.220 e. The van der Waals surface area contributed by atoms with Crippen molar-refractivity contribution < 1.29 is 14.6 Å². The molecule has 1 aromatic rings. The van der Waals surface area contributed by atoms with Crippen LogP contribution in [0.4, 0.5) is 0 Å². The molecule has 0 aromatic heterocycles. The minimum atomic E-state index is -0.580. The zero-order valence-corrected chi connectivity index (χ0v) is 13.3. The van der Waals surface area contributed by atoms with E-state index in [1.54, 1.807) is 6.92 Å². The second kappa shape index (κ2) is 6.48. The Balaban J connectivity index is 2.28. The number of hydrogen-bond acceptors (Lipinski definition) is 3. The SMILES string of the molecule is Cc1cc(C(C)O)c2c(c1)C(NC(=O)CC(C)C)CCO2. The first-order valence-corrected chi connectivity index (χ1v) is 7.63. The number of benzene rings is 1. The fourth-order valence-corrected chi connectivity index (χ4v) is 2.77. The smallest absolute Gasteiger partial charge is 0.220 e. The highest BCUT2D eigenvalue weighted by atomic mass is 16.5. The predicted octanol–water partition coefficient (Wildman–Crippen LogP) is 3.03. The van der Waals surface area contributed by atoms with Gasteiger partial charge in [-0.25, -0.2) is 0 Å². The highest BCUT2D eigenvalue weighted by molar-refractivity contribution is 5.76. The highest BCUT2D eigenvalue weighted by Gasteiger charge is 2.26. The van der Waals surface area contributed by atoms with Gasteiger partial charge in [-0.1, -0.05) is 25.5 Å². The lowest BCUT2D eigenvalue weighted by Crippen LogP contribution is -2.33. The zero-order chi connectivity index (χ0) is 15.6. The van der Waals surface area contributed by atoms with Crippen LogP contribution in [0, 0.1) is 12.8 Å². The molecule has 0 saturated heterocycles. The molecule has 0 bridgehead atoms. The van der Waals surface area contributed by atoms with Gasteiger partial charge in [0.25, 0.3) is 0 Å². The molecule has 4 nitrogen and oxygen atoms in total. The van der Waals surface area contributed by atoms with E-state index >= 15 is 0 Å². The molecule has 0 aliphatic carbocycles. The maximum absolute atomic E-state index is 12.0. The fraction of sp³-hybridized carbons (Fsp3) is 0.588. The van der Waals surface area contributed by atoms with Crippen molar-refractivity contribution in [2.24, 2.45) is 5.92 Å². The first-order valence-electron chi connectivity index (χ1n) is 7.63. The van der Waals surface area contributed by atoms with Gasteiger partial charge in [-0.3, -0.25) is 4.79 Å². The summed E-state index contributed by atoms with van der Waals surface area (Å²) in [7, 11) is 0. The van der Waals surface area contributed by atoms with Gasteiger partial charge in [-0.05, 0) is 25.8 Å². The lowest BCUT2D eigenvalue weighted by atomic mass is 9.93. The van der Waals surface area contributed by atoms with Crippen molar-refractivity contribution in [1.82, 2.24) is 5.32 Å². The molecule has 1 aromatic carbocycles. The minimum Gasteiger partial charge on any atom is -0.493 e. The number of fused-ring (bicyclic) bond motifs is 1. The summed E-state index contributed by atoms with van der Waals surface area (Å²) in [6, 6.07) is 3.96. The van der Waals surface area contributed by atoms with Crippen molar-refractivity contribution >= 4 is 5.91 Å². The number of hydrogen-bond donors (Lipinski definition) is 2. The number of ether oxygens (including phenoxy) is 1. The van der Waals surface area contributed by atoms with Crippen molar-refractivity contribution in [3.8, 4) is 5.75 Å². The van der Waals surface area contributed by atoms with Gasteiger partial charge in [0, 0.05) is 24.0 Å². The lowest BCUT2D eigenvalue weighted by Gasteiger charge is -2.29. The van der Waals surface area contributed by atoms with Crippen LogP contribution in [0.1, 0.15) is 62.4 Å². The van der Waals surface area contributed by atoms with E-state index in [-0.39, 0.29) is 11.9 Å². The Morgan fingerprint density at radius 2 is 2.14 bits per heavy atom. The van der Waals surface area contributed by atoms with Crippen LogP contribution in [0.3, 0.4) is 0 Å². The summed E-state index contributed by atoms with van der Waals surface area (Å²) >= 11 is 0. The number of amides is 1. The quantitative estimate of drug-likeness (QED) is 0.896. The van der Waals surface area contributed by atoms with E-state index < -0.39 is 6.10 Å². The molecular formula is C17H25NO3. The summed E-state index contributed by atoms with van der Waals surface area (Å²) < 4.78 is 5.75. The molecule has 1 aliphatic heterocycles. The van der Waals surface area contributed by atoms with E-state index in [2.05, 4.69) is 5.32 Å². The Labute approximate surface area is 126 Å². The minimum absolute atomic E-state index is 0.0302. The molecule has 0 saturated carbocycles. The number of aliphatic hydroxyl groups excluding tert-OH is 1. The van der Waals surface area contributed by atoms with Crippen LogP contribution in [0.2, 0.25) is 0 Å². The lowest BCUT2D eigenvalue weighted by molar-refractivity contribution is -0.122. The normalized spacial score (nSPS) is 18.9. The van der Waals surface area contributed by atoms with Crippen molar-refractivity contribution in [2.75, 3.05) is 6.61 Å². The Hall–Kier alpha value is -1.55. The third-order valence-corrected chi connectivity index (χ3v) is 3.70. The fourth-order valence-electron chi connectivity index (χ4n) is 2.77. The average molecular weight is 291 g/mol. The maximum atomic E-state index is 12.0. The monoisotopic (exact) mass is 291 g/mol. The molecule has 1 aliphatic rings. The molecule has 0 radical (unpaired) electrons. The number of carbonyl (C=O) groups excluding carboxylic acids is 1. The van der Waals surface area contributed by atoms with E-state index in [0.29, 0.717) is 18.9 Å². The number of rotatable bonds is 4. The molecule has 116 valence electrons. The number of carbonyl (C=O) groups is 1. The van der Waals surface area contributed by atoms with Crippen molar-refractivity contribution in [2.45, 2.75) is 52.7 Å². The van der Waals surface area contributed by atoms with Crippen LogP contribution in [0.15, 0.2) is 12.1 Å². The zero-order valence-electron chi connectivity index (χ0n) is 13.3. The molecule has 2 unspecified atom stereocenters. The van der Waals surface area contributed by atoms with Gasteiger partial charge in [0.2, 0.25) is 5.91 Å². The van der Waals surface area contributed by atoms with Crippen molar-refractivity contribution in [3.63, 3.8) is 0 Å². The van der Waals surface area contributed by atoms with Gasteiger partial charge in [-0.2, -0.15) is 0 Å². The second-order valence-corrected chi connectivity index (χ2v) is 6.30. The Morgan fingerprint density at radius 1 is 1.43 bits per heavy atom. The highest BCUT2D eigenvalue weighted by Crippen LogP contribution is 2.38.